The molecule has 4 rings (SSSR count). The number of aromatic nitrogens is 1. The lowest BCUT2D eigenvalue weighted by atomic mass is 9.99. The lowest BCUT2D eigenvalue weighted by Gasteiger charge is -2.36. The number of piperazine rings is 1. The van der Waals surface area contributed by atoms with Gasteiger partial charge in [0.2, 0.25) is 5.91 Å². The highest BCUT2D eigenvalue weighted by molar-refractivity contribution is 5.96. The van der Waals surface area contributed by atoms with Gasteiger partial charge in [-0.15, -0.1) is 0 Å². The number of carboxylic acid groups (broad SMARTS) is 1. The summed E-state index contributed by atoms with van der Waals surface area (Å²) < 4.78 is 43.2. The summed E-state index contributed by atoms with van der Waals surface area (Å²) in [5.74, 6) is -1.90. The number of amides is 1. The van der Waals surface area contributed by atoms with E-state index in [-0.39, 0.29) is 11.9 Å². The number of aryl methyl sites for hydroxylation is 1. The molecular formula is C36H47F3N6O5. The van der Waals surface area contributed by atoms with Crippen molar-refractivity contribution in [3.05, 3.63) is 78.1 Å². The van der Waals surface area contributed by atoms with Crippen LogP contribution < -0.4 is 20.7 Å². The number of benzene rings is 2. The van der Waals surface area contributed by atoms with Crippen LogP contribution in [0.1, 0.15) is 43.7 Å². The standard InChI is InChI=1S/C34H46N6O3.C2HF3O2/c1-3-4-16-37-34(35)38-33(41)13-9-27-8-12-31(32(25-27)43-24-5-23-42-2)29-10-6-28(7-11-29)26-39-19-21-40(22-20-39)30-14-17-36-18-15-30;3-2(4,5)1(6)7/h6-8,10-12,14-15,17-18,25H,3-5,9,13,16,19-24,26H2,1-2H3,(H3,35,37,38,41);(H,6,7). The van der Waals surface area contributed by atoms with E-state index < -0.39 is 12.1 Å². The van der Waals surface area contributed by atoms with Crippen LogP contribution in [0.15, 0.2) is 72.0 Å². The number of nitrogens with one attached hydrogen (secondary N) is 1. The van der Waals surface area contributed by atoms with Crippen molar-refractivity contribution in [3.8, 4) is 16.9 Å². The fraction of sp³-hybridized carbons (Fsp3) is 0.444. The van der Waals surface area contributed by atoms with Crippen LogP contribution in [0.4, 0.5) is 18.9 Å². The quantitative estimate of drug-likeness (QED) is 0.110. The van der Waals surface area contributed by atoms with Gasteiger partial charge in [0.15, 0.2) is 5.96 Å². The van der Waals surface area contributed by atoms with E-state index in [4.69, 9.17) is 25.1 Å². The van der Waals surface area contributed by atoms with Crippen LogP contribution in [0.5, 0.6) is 5.75 Å². The van der Waals surface area contributed by atoms with E-state index in [2.05, 4.69) is 80.5 Å². The number of carbonyl (C=O) groups is 2. The van der Waals surface area contributed by atoms with Gasteiger partial charge in [-0.2, -0.15) is 13.2 Å². The van der Waals surface area contributed by atoms with Gasteiger partial charge in [0.25, 0.3) is 0 Å². The van der Waals surface area contributed by atoms with Gasteiger partial charge in [-0.05, 0) is 47.7 Å². The van der Waals surface area contributed by atoms with Crippen molar-refractivity contribution in [1.82, 2.24) is 15.2 Å². The summed E-state index contributed by atoms with van der Waals surface area (Å²) in [6.07, 6.45) is 2.31. The minimum Gasteiger partial charge on any atom is -0.493 e. The maximum Gasteiger partial charge on any atom is 0.490 e. The van der Waals surface area contributed by atoms with Crippen LogP contribution >= 0.6 is 0 Å². The molecule has 11 nitrogen and oxygen atoms in total. The summed E-state index contributed by atoms with van der Waals surface area (Å²) in [5, 5.41) is 9.81. The van der Waals surface area contributed by atoms with Crippen LogP contribution in [-0.2, 0) is 27.3 Å². The second-order valence-corrected chi connectivity index (χ2v) is 11.7. The van der Waals surface area contributed by atoms with Gasteiger partial charge < -0.3 is 25.2 Å². The van der Waals surface area contributed by atoms with E-state index in [1.165, 1.54) is 11.3 Å². The van der Waals surface area contributed by atoms with Gasteiger partial charge >= 0.3 is 12.1 Å². The minimum absolute atomic E-state index is 0.140. The van der Waals surface area contributed by atoms with Gasteiger partial charge in [-0.25, -0.2) is 4.79 Å². The molecule has 0 saturated carbocycles. The second-order valence-electron chi connectivity index (χ2n) is 11.7. The summed E-state index contributed by atoms with van der Waals surface area (Å²) in [7, 11) is 1.70. The molecule has 272 valence electrons. The Bertz CT molecular complexity index is 1500. The summed E-state index contributed by atoms with van der Waals surface area (Å²) in [4.78, 5) is 34.6. The number of methoxy groups -OCH3 is 1. The third-order valence-corrected chi connectivity index (χ3v) is 7.81. The molecule has 0 spiro atoms. The number of aliphatic carboxylic acids is 1. The average molecular weight is 701 g/mol. The molecule has 50 heavy (non-hydrogen) atoms. The van der Waals surface area contributed by atoms with E-state index in [1.54, 1.807) is 7.11 Å². The Hall–Kier alpha value is -4.69. The number of rotatable bonds is 15. The highest BCUT2D eigenvalue weighted by atomic mass is 19.4. The van der Waals surface area contributed by atoms with Crippen LogP contribution in [-0.4, -0.2) is 92.1 Å². The molecular weight excluding hydrogens is 653 g/mol. The molecule has 1 saturated heterocycles. The first-order chi connectivity index (χ1) is 24.0. The van der Waals surface area contributed by atoms with Crippen LogP contribution in [0.3, 0.4) is 0 Å². The smallest absolute Gasteiger partial charge is 0.490 e. The number of aliphatic imine (C=N–C) groups is 1. The zero-order chi connectivity index (χ0) is 36.4. The van der Waals surface area contributed by atoms with Gasteiger partial charge in [-0.1, -0.05) is 49.7 Å². The predicted octanol–water partition coefficient (Wildman–Crippen LogP) is 5.28. The van der Waals surface area contributed by atoms with Gasteiger partial charge in [-0.3, -0.25) is 25.0 Å². The van der Waals surface area contributed by atoms with E-state index >= 15 is 0 Å². The SMILES string of the molecule is CCCCN=C(N)NC(=O)CCc1ccc(-c2ccc(CN3CCN(c4ccncc4)CC3)cc2)c(OCCCOC)c1.O=C(O)C(F)(F)F. The number of anilines is 1. The van der Waals surface area contributed by atoms with E-state index in [1.807, 2.05) is 18.5 Å². The molecule has 1 aromatic heterocycles. The van der Waals surface area contributed by atoms with E-state index in [0.717, 1.165) is 74.4 Å². The highest BCUT2D eigenvalue weighted by Crippen LogP contribution is 2.32. The first kappa shape index (κ1) is 39.7. The summed E-state index contributed by atoms with van der Waals surface area (Å²) in [5.41, 5.74) is 11.6. The summed E-state index contributed by atoms with van der Waals surface area (Å²) in [6.45, 7) is 8.93. The zero-order valence-corrected chi connectivity index (χ0v) is 28.6. The number of ether oxygens (including phenoxy) is 2. The third kappa shape index (κ3) is 14.0. The number of nitrogens with two attached hydrogens (primary N) is 1. The molecule has 2 heterocycles. The number of nitrogens with zero attached hydrogens (tertiary/aromatic N) is 4. The number of halogens is 3. The number of guanidine groups is 1. The molecule has 0 radical (unpaired) electrons. The lowest BCUT2D eigenvalue weighted by Crippen LogP contribution is -2.45. The number of carboxylic acids is 1. The molecule has 2 aromatic carbocycles. The molecule has 0 aliphatic carbocycles. The Balaban J connectivity index is 0.000000872. The normalized spacial score (nSPS) is 13.7. The zero-order valence-electron chi connectivity index (χ0n) is 28.6. The molecule has 1 aliphatic heterocycles. The molecule has 3 aromatic rings. The molecule has 4 N–H and O–H groups in total. The van der Waals surface area contributed by atoms with Crippen molar-refractivity contribution in [2.45, 2.75) is 51.7 Å². The monoisotopic (exact) mass is 700 g/mol. The molecule has 1 fully saturated rings. The Labute approximate surface area is 291 Å². The Morgan fingerprint density at radius 2 is 1.64 bits per heavy atom. The fourth-order valence-electron chi connectivity index (χ4n) is 5.09. The molecule has 0 atom stereocenters. The Morgan fingerprint density at radius 3 is 2.26 bits per heavy atom. The highest BCUT2D eigenvalue weighted by Gasteiger charge is 2.38. The number of pyridine rings is 1. The van der Waals surface area contributed by atoms with Crippen molar-refractivity contribution in [2.75, 3.05) is 57.9 Å². The van der Waals surface area contributed by atoms with Crippen LogP contribution in [0, 0.1) is 0 Å². The van der Waals surface area contributed by atoms with Crippen molar-refractivity contribution in [3.63, 3.8) is 0 Å². The maximum atomic E-state index is 12.4. The van der Waals surface area contributed by atoms with Crippen LogP contribution in [0.25, 0.3) is 11.1 Å². The van der Waals surface area contributed by atoms with Crippen molar-refractivity contribution < 1.29 is 37.3 Å². The number of hydrogen-bond acceptors (Lipinski definition) is 8. The minimum atomic E-state index is -5.08. The summed E-state index contributed by atoms with van der Waals surface area (Å²) in [6, 6.07) is 19.1. The Kier molecular flexibility index (Phi) is 16.5. The second kappa shape index (κ2) is 20.7. The lowest BCUT2D eigenvalue weighted by molar-refractivity contribution is -0.192. The molecule has 14 heteroatoms. The number of alkyl halides is 3. The molecule has 1 aliphatic rings. The fourth-order valence-corrected chi connectivity index (χ4v) is 5.09. The molecule has 1 amide bonds. The average Bonchev–Trinajstić information content (AvgIpc) is 3.10. The first-order valence-electron chi connectivity index (χ1n) is 16.6. The topological polar surface area (TPSA) is 143 Å². The summed E-state index contributed by atoms with van der Waals surface area (Å²) >= 11 is 0. The van der Waals surface area contributed by atoms with E-state index in [0.29, 0.717) is 32.6 Å². The van der Waals surface area contributed by atoms with Gasteiger partial charge in [0.05, 0.1) is 6.61 Å². The number of carbonyl (C=O) groups excluding carboxylic acids is 1. The number of unbranched alkanes of at least 4 members (excludes halogenated alkanes) is 1. The van der Waals surface area contributed by atoms with Crippen molar-refractivity contribution in [1.29, 1.82) is 0 Å². The molecule has 0 unspecified atom stereocenters. The first-order valence-corrected chi connectivity index (χ1v) is 16.6. The maximum absolute atomic E-state index is 12.4. The van der Waals surface area contributed by atoms with E-state index in [9.17, 15) is 18.0 Å². The predicted molar refractivity (Wildman–Crippen MR) is 187 cm³/mol. The van der Waals surface area contributed by atoms with Crippen molar-refractivity contribution >= 4 is 23.5 Å². The molecule has 0 bridgehead atoms. The third-order valence-electron chi connectivity index (χ3n) is 7.81. The van der Waals surface area contributed by atoms with Crippen molar-refractivity contribution in [2.24, 2.45) is 10.7 Å². The largest absolute Gasteiger partial charge is 0.493 e. The Morgan fingerprint density at radius 1 is 0.980 bits per heavy atom. The van der Waals surface area contributed by atoms with Crippen LogP contribution in [0.2, 0.25) is 0 Å². The number of hydrogen-bond donors (Lipinski definition) is 3. The van der Waals surface area contributed by atoms with Gasteiger partial charge in [0, 0.05) is 89.5 Å². The van der Waals surface area contributed by atoms with Gasteiger partial charge in [0.1, 0.15) is 5.75 Å².